The Morgan fingerprint density at radius 2 is 2.00 bits per heavy atom. The summed E-state index contributed by atoms with van der Waals surface area (Å²) in [4.78, 5) is 1.37. The summed E-state index contributed by atoms with van der Waals surface area (Å²) in [6.45, 7) is 0. The molecule has 74 valence electrons. The van der Waals surface area contributed by atoms with Crippen molar-refractivity contribution >= 4 is 17.4 Å². The molecule has 0 saturated heterocycles. The van der Waals surface area contributed by atoms with Crippen molar-refractivity contribution in [3.05, 3.63) is 64.0 Å². The minimum Gasteiger partial charge on any atom is -0.379 e. The van der Waals surface area contributed by atoms with E-state index >= 15 is 0 Å². The van der Waals surface area contributed by atoms with Crippen LogP contribution in [0.4, 0.5) is 0 Å². The molecule has 1 N–H and O–H groups in total. The predicted molar refractivity (Wildman–Crippen MR) is 64.8 cm³/mol. The van der Waals surface area contributed by atoms with E-state index in [9.17, 15) is 0 Å². The zero-order valence-corrected chi connectivity index (χ0v) is 9.00. The highest BCUT2D eigenvalue weighted by molar-refractivity contribution is 7.10. The number of hydrogen-bond acceptors (Lipinski definition) is 2. The van der Waals surface area contributed by atoms with Crippen molar-refractivity contribution < 1.29 is 0 Å². The van der Waals surface area contributed by atoms with E-state index in [1.807, 2.05) is 6.20 Å². The highest BCUT2D eigenvalue weighted by atomic mass is 32.1. The second kappa shape index (κ2) is 3.55. The van der Waals surface area contributed by atoms with Crippen LogP contribution >= 0.6 is 11.3 Å². The third kappa shape index (κ3) is 1.47. The van der Waals surface area contributed by atoms with Crippen molar-refractivity contribution in [1.29, 1.82) is 0 Å². The van der Waals surface area contributed by atoms with Crippen LogP contribution in [0.1, 0.15) is 22.0 Å². The molecule has 0 unspecified atom stereocenters. The lowest BCUT2D eigenvalue weighted by molar-refractivity contribution is 0.734. The molecule has 0 fully saturated rings. The monoisotopic (exact) mass is 213 g/mol. The second-order valence-corrected chi connectivity index (χ2v) is 4.56. The average Bonchev–Trinajstić information content (AvgIpc) is 2.82. The Morgan fingerprint density at radius 3 is 2.87 bits per heavy atom. The number of benzene rings is 1. The van der Waals surface area contributed by atoms with Crippen LogP contribution in [-0.4, -0.2) is 0 Å². The fraction of sp³-hybridized carbons (Fsp3) is 0.0769. The molecule has 0 amide bonds. The fourth-order valence-corrected chi connectivity index (χ4v) is 2.74. The van der Waals surface area contributed by atoms with Gasteiger partial charge < -0.3 is 5.32 Å². The lowest BCUT2D eigenvalue weighted by atomic mass is 9.97. The topological polar surface area (TPSA) is 12.0 Å². The SMILES string of the molecule is C1=Cc2ccccc2[C@H](c2cccs2)N1. The molecule has 0 saturated carbocycles. The van der Waals surface area contributed by atoms with Gasteiger partial charge in [0.1, 0.15) is 0 Å². The van der Waals surface area contributed by atoms with Gasteiger partial charge in [0.15, 0.2) is 0 Å². The standard InChI is InChI=1S/C13H11NS/c1-2-5-11-10(4-1)7-8-14-13(11)12-6-3-9-15-12/h1-9,13-14H/t13-/m1/s1. The average molecular weight is 213 g/mol. The quantitative estimate of drug-likeness (QED) is 0.765. The summed E-state index contributed by atoms with van der Waals surface area (Å²) in [5.74, 6) is 0. The largest absolute Gasteiger partial charge is 0.379 e. The van der Waals surface area contributed by atoms with E-state index in [1.54, 1.807) is 11.3 Å². The van der Waals surface area contributed by atoms with Crippen molar-refractivity contribution in [3.8, 4) is 0 Å². The smallest absolute Gasteiger partial charge is 0.0861 e. The lowest BCUT2D eigenvalue weighted by Crippen LogP contribution is -2.19. The summed E-state index contributed by atoms with van der Waals surface area (Å²) >= 11 is 1.80. The van der Waals surface area contributed by atoms with Crippen molar-refractivity contribution in [2.24, 2.45) is 0 Å². The van der Waals surface area contributed by atoms with Gasteiger partial charge in [-0.05, 0) is 34.8 Å². The van der Waals surface area contributed by atoms with Gasteiger partial charge >= 0.3 is 0 Å². The summed E-state index contributed by atoms with van der Waals surface area (Å²) in [5.41, 5.74) is 2.68. The summed E-state index contributed by atoms with van der Waals surface area (Å²) < 4.78 is 0. The molecule has 2 heteroatoms. The Balaban J connectivity index is 2.10. The third-order valence-corrected chi connectivity index (χ3v) is 3.60. The first-order chi connectivity index (χ1) is 7.45. The van der Waals surface area contributed by atoms with Crippen LogP contribution in [0.5, 0.6) is 0 Å². The highest BCUT2D eigenvalue weighted by Crippen LogP contribution is 2.31. The number of fused-ring (bicyclic) bond motifs is 1. The van der Waals surface area contributed by atoms with Crippen molar-refractivity contribution in [2.75, 3.05) is 0 Å². The van der Waals surface area contributed by atoms with E-state index in [0.717, 1.165) is 0 Å². The predicted octanol–water partition coefficient (Wildman–Crippen LogP) is 3.41. The molecule has 2 heterocycles. The van der Waals surface area contributed by atoms with Crippen LogP contribution in [0, 0.1) is 0 Å². The highest BCUT2D eigenvalue weighted by Gasteiger charge is 2.18. The second-order valence-electron chi connectivity index (χ2n) is 3.58. The molecular weight excluding hydrogens is 202 g/mol. The molecule has 1 atom stereocenters. The summed E-state index contributed by atoms with van der Waals surface area (Å²) in [6, 6.07) is 13.1. The fourth-order valence-electron chi connectivity index (χ4n) is 1.94. The first kappa shape index (κ1) is 8.74. The van der Waals surface area contributed by atoms with E-state index in [4.69, 9.17) is 0 Å². The molecule has 1 nitrogen and oxygen atoms in total. The Labute approximate surface area is 93.1 Å². The minimum absolute atomic E-state index is 0.325. The molecule has 0 spiro atoms. The van der Waals surface area contributed by atoms with E-state index in [1.165, 1.54) is 16.0 Å². The van der Waals surface area contributed by atoms with Gasteiger partial charge in [-0.2, -0.15) is 0 Å². The molecule has 1 aliphatic heterocycles. The Morgan fingerprint density at radius 1 is 1.07 bits per heavy atom. The molecule has 0 bridgehead atoms. The van der Waals surface area contributed by atoms with Gasteiger partial charge in [-0.15, -0.1) is 11.3 Å². The zero-order valence-electron chi connectivity index (χ0n) is 8.18. The number of nitrogens with one attached hydrogen (secondary N) is 1. The van der Waals surface area contributed by atoms with E-state index in [2.05, 4.69) is 53.2 Å². The van der Waals surface area contributed by atoms with Gasteiger partial charge in [-0.3, -0.25) is 0 Å². The van der Waals surface area contributed by atoms with Crippen LogP contribution in [0.15, 0.2) is 48.0 Å². The van der Waals surface area contributed by atoms with Crippen LogP contribution in [-0.2, 0) is 0 Å². The van der Waals surface area contributed by atoms with Crippen molar-refractivity contribution in [2.45, 2.75) is 6.04 Å². The van der Waals surface area contributed by atoms with Crippen molar-refractivity contribution in [1.82, 2.24) is 5.32 Å². The molecule has 1 aromatic heterocycles. The van der Waals surface area contributed by atoms with Gasteiger partial charge in [-0.1, -0.05) is 30.3 Å². The molecule has 0 radical (unpaired) electrons. The van der Waals surface area contributed by atoms with Crippen LogP contribution in [0.3, 0.4) is 0 Å². The third-order valence-electron chi connectivity index (χ3n) is 2.66. The maximum atomic E-state index is 3.41. The molecule has 1 aliphatic rings. The number of rotatable bonds is 1. The minimum atomic E-state index is 0.325. The van der Waals surface area contributed by atoms with Gasteiger partial charge in [0.05, 0.1) is 6.04 Å². The molecule has 2 aromatic rings. The lowest BCUT2D eigenvalue weighted by Gasteiger charge is -2.22. The van der Waals surface area contributed by atoms with Gasteiger partial charge in [0.2, 0.25) is 0 Å². The first-order valence-electron chi connectivity index (χ1n) is 5.00. The van der Waals surface area contributed by atoms with Crippen LogP contribution in [0.2, 0.25) is 0 Å². The Hall–Kier alpha value is -1.54. The normalized spacial score (nSPS) is 18.3. The van der Waals surface area contributed by atoms with Crippen LogP contribution < -0.4 is 5.32 Å². The van der Waals surface area contributed by atoms with Gasteiger partial charge in [-0.25, -0.2) is 0 Å². The van der Waals surface area contributed by atoms with Gasteiger partial charge in [0, 0.05) is 4.88 Å². The number of hydrogen-bond donors (Lipinski definition) is 1. The zero-order chi connectivity index (χ0) is 10.1. The molecular formula is C13H11NS. The summed E-state index contributed by atoms with van der Waals surface area (Å²) in [7, 11) is 0. The summed E-state index contributed by atoms with van der Waals surface area (Å²) in [5, 5.41) is 5.53. The Bertz CT molecular complexity index is 485. The van der Waals surface area contributed by atoms with Gasteiger partial charge in [0.25, 0.3) is 0 Å². The Kier molecular flexibility index (Phi) is 2.07. The molecule has 3 rings (SSSR count). The first-order valence-corrected chi connectivity index (χ1v) is 5.88. The molecule has 15 heavy (non-hydrogen) atoms. The van der Waals surface area contributed by atoms with Crippen molar-refractivity contribution in [3.63, 3.8) is 0 Å². The van der Waals surface area contributed by atoms with Crippen LogP contribution in [0.25, 0.3) is 6.08 Å². The molecule has 1 aromatic carbocycles. The van der Waals surface area contributed by atoms with E-state index in [0.29, 0.717) is 6.04 Å². The molecule has 0 aliphatic carbocycles. The summed E-state index contributed by atoms with van der Waals surface area (Å²) in [6.07, 6.45) is 4.16. The van der Waals surface area contributed by atoms with E-state index < -0.39 is 0 Å². The maximum absolute atomic E-state index is 3.41. The van der Waals surface area contributed by atoms with E-state index in [-0.39, 0.29) is 0 Å². The number of thiophene rings is 1. The maximum Gasteiger partial charge on any atom is 0.0861 e.